The molecule has 1 fully saturated rings. The van der Waals surface area contributed by atoms with E-state index in [0.29, 0.717) is 0 Å². The standard InChI is InChI=1S/C15H23N7/c1-4-13-9-15(18-11(2)16-13)22-7-5-21(6-8-22)10-14-17-12(3)19-20-14/h9H,4-8,10H2,1-3H3,(H,17,19,20). The number of hydrogen-bond acceptors (Lipinski definition) is 6. The molecule has 1 aliphatic rings. The first-order chi connectivity index (χ1) is 10.6. The Balaban J connectivity index is 1.60. The smallest absolute Gasteiger partial charge is 0.164 e. The van der Waals surface area contributed by atoms with Gasteiger partial charge in [0.25, 0.3) is 0 Å². The van der Waals surface area contributed by atoms with Crippen LogP contribution in [0.3, 0.4) is 0 Å². The molecule has 0 aromatic carbocycles. The fourth-order valence-corrected chi connectivity index (χ4v) is 2.75. The molecule has 0 bridgehead atoms. The van der Waals surface area contributed by atoms with Crippen molar-refractivity contribution in [3.8, 4) is 0 Å². The van der Waals surface area contributed by atoms with Gasteiger partial charge in [0.1, 0.15) is 17.5 Å². The molecule has 0 saturated carbocycles. The van der Waals surface area contributed by atoms with E-state index in [9.17, 15) is 0 Å². The molecule has 3 heterocycles. The summed E-state index contributed by atoms with van der Waals surface area (Å²) in [6.45, 7) is 10.8. The third kappa shape index (κ3) is 3.41. The van der Waals surface area contributed by atoms with Crippen LogP contribution in [0.4, 0.5) is 5.82 Å². The highest BCUT2D eigenvalue weighted by Gasteiger charge is 2.19. The lowest BCUT2D eigenvalue weighted by Gasteiger charge is -2.35. The Morgan fingerprint density at radius 1 is 1.09 bits per heavy atom. The van der Waals surface area contributed by atoms with Gasteiger partial charge in [0.2, 0.25) is 0 Å². The summed E-state index contributed by atoms with van der Waals surface area (Å²) in [5, 5.41) is 7.11. The zero-order chi connectivity index (χ0) is 15.5. The maximum absolute atomic E-state index is 4.58. The molecular weight excluding hydrogens is 278 g/mol. The fourth-order valence-electron chi connectivity index (χ4n) is 2.75. The number of aryl methyl sites for hydroxylation is 3. The van der Waals surface area contributed by atoms with E-state index in [1.54, 1.807) is 0 Å². The van der Waals surface area contributed by atoms with Crippen LogP contribution in [0.2, 0.25) is 0 Å². The quantitative estimate of drug-likeness (QED) is 0.911. The van der Waals surface area contributed by atoms with Crippen LogP contribution in [0.15, 0.2) is 6.07 Å². The zero-order valence-electron chi connectivity index (χ0n) is 13.5. The van der Waals surface area contributed by atoms with E-state index in [-0.39, 0.29) is 0 Å². The zero-order valence-corrected chi connectivity index (χ0v) is 13.5. The number of rotatable bonds is 4. The van der Waals surface area contributed by atoms with E-state index >= 15 is 0 Å². The summed E-state index contributed by atoms with van der Waals surface area (Å²) in [7, 11) is 0. The van der Waals surface area contributed by atoms with Crippen molar-refractivity contribution >= 4 is 5.82 Å². The van der Waals surface area contributed by atoms with Crippen LogP contribution in [0.5, 0.6) is 0 Å². The van der Waals surface area contributed by atoms with E-state index < -0.39 is 0 Å². The van der Waals surface area contributed by atoms with Gasteiger partial charge in [-0.05, 0) is 20.3 Å². The van der Waals surface area contributed by atoms with Gasteiger partial charge in [-0.3, -0.25) is 10.00 Å². The Bertz CT molecular complexity index is 629. The molecule has 1 N–H and O–H groups in total. The summed E-state index contributed by atoms with van der Waals surface area (Å²) in [5.74, 6) is 3.65. The number of piperazine rings is 1. The van der Waals surface area contributed by atoms with Crippen molar-refractivity contribution in [3.05, 3.63) is 29.2 Å². The van der Waals surface area contributed by atoms with Crippen molar-refractivity contribution in [3.63, 3.8) is 0 Å². The normalized spacial score (nSPS) is 16.2. The average molecular weight is 301 g/mol. The number of aromatic amines is 1. The van der Waals surface area contributed by atoms with E-state index in [1.165, 1.54) is 0 Å². The lowest BCUT2D eigenvalue weighted by atomic mass is 10.2. The first kappa shape index (κ1) is 14.9. The highest BCUT2D eigenvalue weighted by molar-refractivity contribution is 5.40. The molecule has 0 unspecified atom stereocenters. The molecule has 7 nitrogen and oxygen atoms in total. The number of aromatic nitrogens is 5. The molecule has 22 heavy (non-hydrogen) atoms. The highest BCUT2D eigenvalue weighted by atomic mass is 15.3. The van der Waals surface area contributed by atoms with Gasteiger partial charge in [0.15, 0.2) is 5.82 Å². The van der Waals surface area contributed by atoms with E-state index in [1.807, 2.05) is 13.8 Å². The second-order valence-corrected chi connectivity index (χ2v) is 5.72. The van der Waals surface area contributed by atoms with E-state index in [4.69, 9.17) is 0 Å². The summed E-state index contributed by atoms with van der Waals surface area (Å²) < 4.78 is 0. The first-order valence-corrected chi connectivity index (χ1v) is 7.84. The van der Waals surface area contributed by atoms with Crippen LogP contribution < -0.4 is 4.90 Å². The van der Waals surface area contributed by atoms with Gasteiger partial charge in [-0.15, -0.1) is 0 Å². The predicted octanol–water partition coefficient (Wildman–Crippen LogP) is 1.10. The molecule has 2 aromatic rings. The molecule has 0 radical (unpaired) electrons. The molecule has 3 rings (SSSR count). The Hall–Kier alpha value is -2.02. The summed E-state index contributed by atoms with van der Waals surface area (Å²) in [5.41, 5.74) is 1.11. The van der Waals surface area contributed by atoms with Crippen LogP contribution in [0.1, 0.15) is 30.1 Å². The van der Waals surface area contributed by atoms with Crippen molar-refractivity contribution in [1.82, 2.24) is 30.0 Å². The summed E-state index contributed by atoms with van der Waals surface area (Å²) in [4.78, 5) is 18.1. The van der Waals surface area contributed by atoms with Gasteiger partial charge in [0, 0.05) is 37.9 Å². The number of nitrogens with zero attached hydrogens (tertiary/aromatic N) is 6. The third-order valence-corrected chi connectivity index (χ3v) is 3.94. The number of H-pyrrole nitrogens is 1. The van der Waals surface area contributed by atoms with Crippen LogP contribution in [0, 0.1) is 13.8 Å². The Morgan fingerprint density at radius 3 is 2.50 bits per heavy atom. The van der Waals surface area contributed by atoms with Crippen LogP contribution >= 0.6 is 0 Å². The molecule has 1 aliphatic heterocycles. The topological polar surface area (TPSA) is 73.8 Å². The van der Waals surface area contributed by atoms with Gasteiger partial charge >= 0.3 is 0 Å². The van der Waals surface area contributed by atoms with Gasteiger partial charge in [-0.1, -0.05) is 6.92 Å². The van der Waals surface area contributed by atoms with Crippen LogP contribution in [-0.2, 0) is 13.0 Å². The fraction of sp³-hybridized carbons (Fsp3) is 0.600. The minimum atomic E-state index is 0.807. The minimum absolute atomic E-state index is 0.807. The van der Waals surface area contributed by atoms with Crippen molar-refractivity contribution in [2.45, 2.75) is 33.7 Å². The summed E-state index contributed by atoms with van der Waals surface area (Å²) in [6, 6.07) is 2.11. The molecule has 0 atom stereocenters. The average Bonchev–Trinajstić information content (AvgIpc) is 2.92. The van der Waals surface area contributed by atoms with Crippen molar-refractivity contribution in [2.24, 2.45) is 0 Å². The molecular formula is C15H23N7. The number of nitrogens with one attached hydrogen (secondary N) is 1. The molecule has 0 aliphatic carbocycles. The predicted molar refractivity (Wildman–Crippen MR) is 84.8 cm³/mol. The Kier molecular flexibility index (Phi) is 4.33. The number of anilines is 1. The molecule has 2 aromatic heterocycles. The summed E-state index contributed by atoms with van der Waals surface area (Å²) >= 11 is 0. The maximum atomic E-state index is 4.58. The molecule has 1 saturated heterocycles. The first-order valence-electron chi connectivity index (χ1n) is 7.84. The van der Waals surface area contributed by atoms with Crippen LogP contribution in [0.25, 0.3) is 0 Å². The SMILES string of the molecule is CCc1cc(N2CCN(Cc3n[nH]c(C)n3)CC2)nc(C)n1. The van der Waals surface area contributed by atoms with Crippen molar-refractivity contribution in [1.29, 1.82) is 0 Å². The highest BCUT2D eigenvalue weighted by Crippen LogP contribution is 2.16. The largest absolute Gasteiger partial charge is 0.354 e. The van der Waals surface area contributed by atoms with Gasteiger partial charge < -0.3 is 4.90 Å². The third-order valence-electron chi connectivity index (χ3n) is 3.94. The monoisotopic (exact) mass is 301 g/mol. The second-order valence-electron chi connectivity index (χ2n) is 5.72. The van der Waals surface area contributed by atoms with Gasteiger partial charge in [0.05, 0.1) is 6.54 Å². The lowest BCUT2D eigenvalue weighted by molar-refractivity contribution is 0.243. The van der Waals surface area contributed by atoms with Gasteiger partial charge in [-0.25, -0.2) is 15.0 Å². The van der Waals surface area contributed by atoms with Crippen LogP contribution in [-0.4, -0.2) is 56.2 Å². The Labute approximate surface area is 130 Å². The molecule has 118 valence electrons. The maximum Gasteiger partial charge on any atom is 0.164 e. The van der Waals surface area contributed by atoms with E-state index in [2.05, 4.69) is 47.9 Å². The Morgan fingerprint density at radius 2 is 1.86 bits per heavy atom. The van der Waals surface area contributed by atoms with Crippen molar-refractivity contribution in [2.75, 3.05) is 31.1 Å². The summed E-state index contributed by atoms with van der Waals surface area (Å²) in [6.07, 6.45) is 0.945. The molecule has 7 heteroatoms. The van der Waals surface area contributed by atoms with Gasteiger partial charge in [-0.2, -0.15) is 5.10 Å². The second kappa shape index (κ2) is 6.39. The van der Waals surface area contributed by atoms with Crippen molar-refractivity contribution < 1.29 is 0 Å². The molecule has 0 amide bonds. The number of hydrogen-bond donors (Lipinski definition) is 1. The minimum Gasteiger partial charge on any atom is -0.354 e. The molecule has 0 spiro atoms. The van der Waals surface area contributed by atoms with E-state index in [0.717, 1.165) is 68.1 Å². The lowest BCUT2D eigenvalue weighted by Crippen LogP contribution is -2.46.